The summed E-state index contributed by atoms with van der Waals surface area (Å²) in [7, 11) is 0. The molecule has 0 spiro atoms. The van der Waals surface area contributed by atoms with E-state index in [0.29, 0.717) is 13.1 Å². The van der Waals surface area contributed by atoms with E-state index in [9.17, 15) is 0 Å². The summed E-state index contributed by atoms with van der Waals surface area (Å²) < 4.78 is 1.16. The molecule has 0 atom stereocenters. The quantitative estimate of drug-likeness (QED) is 0.678. The number of aromatic nitrogens is 2. The van der Waals surface area contributed by atoms with E-state index in [2.05, 4.69) is 30.2 Å². The molecule has 0 aliphatic carbocycles. The second-order valence-corrected chi connectivity index (χ2v) is 5.47. The first kappa shape index (κ1) is 8.21. The fourth-order valence-corrected chi connectivity index (χ4v) is 3.41. The molecule has 2 aromatic rings. The van der Waals surface area contributed by atoms with Gasteiger partial charge in [-0.3, -0.25) is 0 Å². The Balaban J connectivity index is 2.79. The standard InChI is InChI=1S/C8H6N2Se2/c11-12-8-6-3-1-2-4-7(6)9-5-10-8/h1-5,11H. The molecular formula is C8H6N2Se2. The maximum atomic E-state index is 4.23. The molecule has 0 N–H and O–H groups in total. The Kier molecular flexibility index (Phi) is 2.42. The average Bonchev–Trinajstić information content (AvgIpc) is 2.17. The van der Waals surface area contributed by atoms with Crippen molar-refractivity contribution in [1.82, 2.24) is 9.97 Å². The summed E-state index contributed by atoms with van der Waals surface area (Å²) in [4.78, 5) is 8.41. The van der Waals surface area contributed by atoms with E-state index < -0.39 is 0 Å². The normalized spacial score (nSPS) is 10.4. The molecule has 0 fully saturated rings. The molecule has 0 radical (unpaired) electrons. The zero-order chi connectivity index (χ0) is 8.39. The summed E-state index contributed by atoms with van der Waals surface area (Å²) in [6, 6.07) is 8.10. The van der Waals surface area contributed by atoms with Crippen LogP contribution in [0.4, 0.5) is 0 Å². The van der Waals surface area contributed by atoms with Gasteiger partial charge in [-0.1, -0.05) is 0 Å². The van der Waals surface area contributed by atoms with Crippen molar-refractivity contribution < 1.29 is 0 Å². The molecule has 0 saturated carbocycles. The average molecular weight is 288 g/mol. The molecule has 1 aromatic heterocycles. The molecule has 4 heteroatoms. The van der Waals surface area contributed by atoms with Crippen molar-refractivity contribution in [2.24, 2.45) is 0 Å². The molecule has 1 heterocycles. The van der Waals surface area contributed by atoms with Crippen LogP contribution in [0, 0.1) is 0 Å². The van der Waals surface area contributed by atoms with Crippen LogP contribution in [0.15, 0.2) is 30.6 Å². The fourth-order valence-electron chi connectivity index (χ4n) is 1.05. The van der Waals surface area contributed by atoms with Crippen LogP contribution in [0.5, 0.6) is 0 Å². The summed E-state index contributed by atoms with van der Waals surface area (Å²) >= 11 is 2.98. The third kappa shape index (κ3) is 1.39. The second kappa shape index (κ2) is 3.54. The molecule has 0 amide bonds. The van der Waals surface area contributed by atoms with Crippen molar-refractivity contribution in [2.45, 2.75) is 0 Å². The van der Waals surface area contributed by atoms with Gasteiger partial charge in [-0.05, 0) is 0 Å². The molecule has 0 aliphatic rings. The Hall–Kier alpha value is -0.401. The van der Waals surface area contributed by atoms with Crippen LogP contribution in [-0.2, 0) is 0 Å². The van der Waals surface area contributed by atoms with E-state index in [1.165, 1.54) is 5.39 Å². The van der Waals surface area contributed by atoms with Crippen LogP contribution in [0.1, 0.15) is 0 Å². The van der Waals surface area contributed by atoms with Gasteiger partial charge < -0.3 is 0 Å². The number of rotatable bonds is 1. The third-order valence-corrected chi connectivity index (χ3v) is 4.52. The molecule has 2 rings (SSSR count). The summed E-state index contributed by atoms with van der Waals surface area (Å²) in [6.45, 7) is 0. The third-order valence-electron chi connectivity index (χ3n) is 1.59. The predicted molar refractivity (Wildman–Crippen MR) is 52.1 cm³/mol. The molecule has 0 saturated heterocycles. The number of benzene rings is 1. The van der Waals surface area contributed by atoms with Gasteiger partial charge >= 0.3 is 83.4 Å². The van der Waals surface area contributed by atoms with Gasteiger partial charge in [0, 0.05) is 0 Å². The Morgan fingerprint density at radius 3 is 2.83 bits per heavy atom. The van der Waals surface area contributed by atoms with Crippen LogP contribution in [-0.4, -0.2) is 37.3 Å². The molecular weight excluding hydrogens is 282 g/mol. The van der Waals surface area contributed by atoms with Crippen LogP contribution >= 0.6 is 0 Å². The summed E-state index contributed by atoms with van der Waals surface area (Å²) in [5, 5.41) is 1.18. The Labute approximate surface area is 83.3 Å². The first-order chi connectivity index (χ1) is 5.92. The van der Waals surface area contributed by atoms with Crippen molar-refractivity contribution in [3.63, 3.8) is 0 Å². The molecule has 2 nitrogen and oxygen atoms in total. The summed E-state index contributed by atoms with van der Waals surface area (Å²) in [5.74, 6) is 0. The number of hydrogen-bond donors (Lipinski definition) is 0. The Morgan fingerprint density at radius 1 is 1.17 bits per heavy atom. The maximum absolute atomic E-state index is 4.23. The first-order valence-electron chi connectivity index (χ1n) is 3.43. The monoisotopic (exact) mass is 290 g/mol. The summed E-state index contributed by atoms with van der Waals surface area (Å²) in [6.07, 6.45) is 1.63. The van der Waals surface area contributed by atoms with E-state index in [1.54, 1.807) is 6.33 Å². The van der Waals surface area contributed by atoms with E-state index in [-0.39, 0.29) is 0 Å². The molecule has 0 bridgehead atoms. The zero-order valence-corrected chi connectivity index (χ0v) is 9.73. The SMILES string of the molecule is [SeH][Se]c1ncnc2ccccc12. The van der Waals surface area contributed by atoms with Gasteiger partial charge in [0.15, 0.2) is 0 Å². The van der Waals surface area contributed by atoms with Crippen LogP contribution < -0.4 is 4.59 Å². The Morgan fingerprint density at radius 2 is 2.00 bits per heavy atom. The minimum atomic E-state index is 0.384. The zero-order valence-electron chi connectivity index (χ0n) is 6.14. The van der Waals surface area contributed by atoms with Gasteiger partial charge in [0.2, 0.25) is 0 Å². The van der Waals surface area contributed by atoms with Crippen molar-refractivity contribution in [3.05, 3.63) is 30.6 Å². The molecule has 0 unspecified atom stereocenters. The van der Waals surface area contributed by atoms with Crippen LogP contribution in [0.25, 0.3) is 10.9 Å². The number of para-hydroxylation sites is 1. The number of fused-ring (bicyclic) bond motifs is 1. The van der Waals surface area contributed by atoms with E-state index in [0.717, 1.165) is 10.1 Å². The van der Waals surface area contributed by atoms with Crippen molar-refractivity contribution in [3.8, 4) is 0 Å². The van der Waals surface area contributed by atoms with Gasteiger partial charge in [-0.2, -0.15) is 0 Å². The molecule has 1 aromatic carbocycles. The first-order valence-corrected chi connectivity index (χ1v) is 9.03. The van der Waals surface area contributed by atoms with Crippen LogP contribution in [0.3, 0.4) is 0 Å². The fraction of sp³-hybridized carbons (Fsp3) is 0. The second-order valence-electron chi connectivity index (χ2n) is 2.29. The Bertz CT molecular complexity index is 398. The number of hydrogen-bond acceptors (Lipinski definition) is 2. The van der Waals surface area contributed by atoms with Gasteiger partial charge in [0.1, 0.15) is 0 Å². The molecule has 0 aliphatic heterocycles. The predicted octanol–water partition coefficient (Wildman–Crippen LogP) is -0.225. The van der Waals surface area contributed by atoms with Gasteiger partial charge in [0.05, 0.1) is 0 Å². The minimum absolute atomic E-state index is 0.384. The van der Waals surface area contributed by atoms with E-state index >= 15 is 0 Å². The summed E-state index contributed by atoms with van der Waals surface area (Å²) in [5.41, 5.74) is 1.04. The van der Waals surface area contributed by atoms with E-state index in [1.807, 2.05) is 18.2 Å². The van der Waals surface area contributed by atoms with Crippen molar-refractivity contribution >= 4 is 42.8 Å². The van der Waals surface area contributed by atoms with Gasteiger partial charge in [-0.15, -0.1) is 0 Å². The number of nitrogens with zero attached hydrogens (tertiary/aromatic N) is 2. The van der Waals surface area contributed by atoms with Crippen LogP contribution in [0.2, 0.25) is 0 Å². The molecule has 60 valence electrons. The van der Waals surface area contributed by atoms with Gasteiger partial charge in [-0.25, -0.2) is 0 Å². The molecule has 12 heavy (non-hydrogen) atoms. The van der Waals surface area contributed by atoms with Gasteiger partial charge in [0.25, 0.3) is 0 Å². The van der Waals surface area contributed by atoms with Crippen molar-refractivity contribution in [1.29, 1.82) is 0 Å². The van der Waals surface area contributed by atoms with E-state index in [4.69, 9.17) is 0 Å². The van der Waals surface area contributed by atoms with Crippen molar-refractivity contribution in [2.75, 3.05) is 0 Å². The topological polar surface area (TPSA) is 25.8 Å².